The fourth-order valence-corrected chi connectivity index (χ4v) is 5.97. The van der Waals surface area contributed by atoms with Crippen molar-refractivity contribution >= 4 is 27.5 Å². The maximum atomic E-state index is 13.2. The van der Waals surface area contributed by atoms with Crippen LogP contribution >= 0.6 is 0 Å². The highest BCUT2D eigenvalue weighted by atomic mass is 32.2. The smallest absolute Gasteiger partial charge is 0.262 e. The third kappa shape index (κ3) is 5.74. The van der Waals surface area contributed by atoms with E-state index in [-0.39, 0.29) is 16.7 Å². The summed E-state index contributed by atoms with van der Waals surface area (Å²) in [5.74, 6) is -0.400. The van der Waals surface area contributed by atoms with Gasteiger partial charge in [0.1, 0.15) is 6.04 Å². The van der Waals surface area contributed by atoms with E-state index in [9.17, 15) is 18.0 Å². The van der Waals surface area contributed by atoms with Crippen LogP contribution in [-0.2, 0) is 14.8 Å². The van der Waals surface area contributed by atoms with E-state index in [0.29, 0.717) is 41.9 Å². The van der Waals surface area contributed by atoms with Crippen molar-refractivity contribution in [2.45, 2.75) is 64.3 Å². The predicted octanol–water partition coefficient (Wildman–Crippen LogP) is 3.93. The maximum Gasteiger partial charge on any atom is 0.262 e. The Hall–Kier alpha value is -2.87. The average Bonchev–Trinajstić information content (AvgIpc) is 3.22. The normalized spacial score (nSPS) is 16.0. The van der Waals surface area contributed by atoms with Gasteiger partial charge >= 0.3 is 0 Å². The zero-order valence-corrected chi connectivity index (χ0v) is 20.6. The lowest BCUT2D eigenvalue weighted by molar-refractivity contribution is -0.124. The molecule has 178 valence electrons. The van der Waals surface area contributed by atoms with Gasteiger partial charge in [0.2, 0.25) is 5.91 Å². The number of nitrogens with one attached hydrogen (secondary N) is 2. The number of sulfonamides is 1. The molecule has 0 unspecified atom stereocenters. The second-order valence-electron chi connectivity index (χ2n) is 8.72. The van der Waals surface area contributed by atoms with Gasteiger partial charge in [0.25, 0.3) is 15.9 Å². The molecule has 0 radical (unpaired) electrons. The average molecular weight is 472 g/mol. The van der Waals surface area contributed by atoms with E-state index in [1.54, 1.807) is 36.9 Å². The van der Waals surface area contributed by atoms with Crippen molar-refractivity contribution < 1.29 is 18.0 Å². The van der Waals surface area contributed by atoms with Gasteiger partial charge in [-0.3, -0.25) is 14.3 Å². The van der Waals surface area contributed by atoms with Gasteiger partial charge in [-0.1, -0.05) is 37.1 Å². The van der Waals surface area contributed by atoms with Crippen LogP contribution < -0.4 is 10.0 Å². The molecule has 2 aromatic rings. The fourth-order valence-electron chi connectivity index (χ4n) is 4.47. The summed E-state index contributed by atoms with van der Waals surface area (Å²) >= 11 is 0. The number of rotatable bonds is 8. The number of amides is 2. The summed E-state index contributed by atoms with van der Waals surface area (Å²) in [7, 11) is -3.83. The number of benzene rings is 2. The van der Waals surface area contributed by atoms with E-state index in [2.05, 4.69) is 17.0 Å². The molecule has 2 N–H and O–H groups in total. The number of likely N-dealkylation sites (tertiary alicyclic amines) is 1. The number of aryl methyl sites for hydroxylation is 3. The van der Waals surface area contributed by atoms with Crippen LogP contribution in [0.5, 0.6) is 0 Å². The highest BCUT2D eigenvalue weighted by Crippen LogP contribution is 2.26. The van der Waals surface area contributed by atoms with Crippen molar-refractivity contribution in [3.8, 4) is 0 Å². The fraction of sp³-hybridized carbons (Fsp3) is 0.440. The molecule has 0 bridgehead atoms. The molecular formula is C25H33N3O4S. The van der Waals surface area contributed by atoms with Crippen LogP contribution in [0.2, 0.25) is 0 Å². The first-order chi connectivity index (χ1) is 15.6. The Morgan fingerprint density at radius 1 is 1.09 bits per heavy atom. The molecule has 0 saturated carbocycles. The topological polar surface area (TPSA) is 95.6 Å². The Bertz CT molecular complexity index is 1120. The molecule has 7 nitrogen and oxygen atoms in total. The Morgan fingerprint density at radius 3 is 2.45 bits per heavy atom. The molecule has 1 heterocycles. The zero-order valence-electron chi connectivity index (χ0n) is 19.8. The molecule has 1 saturated heterocycles. The number of carbonyl (C=O) groups is 2. The molecule has 0 aromatic heterocycles. The highest BCUT2D eigenvalue weighted by molar-refractivity contribution is 7.92. The molecular weight excluding hydrogens is 438 g/mol. The van der Waals surface area contributed by atoms with Crippen LogP contribution in [0, 0.1) is 20.8 Å². The molecule has 0 spiro atoms. The van der Waals surface area contributed by atoms with Gasteiger partial charge in [-0.15, -0.1) is 0 Å². The molecule has 2 aromatic carbocycles. The van der Waals surface area contributed by atoms with Gasteiger partial charge in [-0.25, -0.2) is 8.42 Å². The number of anilines is 1. The largest absolute Gasteiger partial charge is 0.354 e. The zero-order chi connectivity index (χ0) is 24.2. The van der Waals surface area contributed by atoms with Crippen molar-refractivity contribution in [1.29, 1.82) is 0 Å². The standard InChI is InChI=1S/C25H33N3O4S/c1-5-6-12-26-24(29)22-11-8-13-28(22)25(30)20-9-7-10-21(16-20)27-33(31,32)23-18(3)14-17(2)15-19(23)4/h7,9-10,14-16,22,27H,5-6,8,11-13H2,1-4H3,(H,26,29)/t22-/m0/s1. The third-order valence-corrected chi connectivity index (χ3v) is 7.57. The van der Waals surface area contributed by atoms with Gasteiger partial charge in [-0.05, 0) is 69.4 Å². The number of hydrogen-bond donors (Lipinski definition) is 2. The van der Waals surface area contributed by atoms with Crippen molar-refractivity contribution in [2.75, 3.05) is 17.8 Å². The molecule has 2 amide bonds. The summed E-state index contributed by atoms with van der Waals surface area (Å²) < 4.78 is 28.8. The Kier molecular flexibility index (Phi) is 7.79. The lowest BCUT2D eigenvalue weighted by Gasteiger charge is -2.24. The lowest BCUT2D eigenvalue weighted by atomic mass is 10.1. The Balaban J connectivity index is 1.79. The van der Waals surface area contributed by atoms with Crippen LogP contribution in [0.15, 0.2) is 41.3 Å². The summed E-state index contributed by atoms with van der Waals surface area (Å²) in [5, 5.41) is 2.91. The number of carbonyl (C=O) groups excluding carboxylic acids is 2. The van der Waals surface area contributed by atoms with E-state index in [1.165, 1.54) is 6.07 Å². The summed E-state index contributed by atoms with van der Waals surface area (Å²) in [5.41, 5.74) is 2.99. The molecule has 1 fully saturated rings. The molecule has 1 aliphatic heterocycles. The van der Waals surface area contributed by atoms with Gasteiger partial charge < -0.3 is 10.2 Å². The first-order valence-electron chi connectivity index (χ1n) is 11.4. The van der Waals surface area contributed by atoms with Gasteiger partial charge in [-0.2, -0.15) is 0 Å². The van der Waals surface area contributed by atoms with E-state index in [1.807, 2.05) is 19.1 Å². The van der Waals surface area contributed by atoms with Gasteiger partial charge in [0.15, 0.2) is 0 Å². The number of nitrogens with zero attached hydrogens (tertiary/aromatic N) is 1. The third-order valence-electron chi connectivity index (χ3n) is 5.88. The predicted molar refractivity (Wildman–Crippen MR) is 130 cm³/mol. The van der Waals surface area contributed by atoms with Crippen molar-refractivity contribution in [3.05, 3.63) is 58.7 Å². The first-order valence-corrected chi connectivity index (χ1v) is 12.9. The Labute approximate surface area is 196 Å². The van der Waals surface area contributed by atoms with Crippen molar-refractivity contribution in [1.82, 2.24) is 10.2 Å². The number of hydrogen-bond acceptors (Lipinski definition) is 4. The van der Waals surface area contributed by atoms with Crippen LogP contribution in [0.3, 0.4) is 0 Å². The summed E-state index contributed by atoms with van der Waals surface area (Å²) in [6.45, 7) is 8.63. The summed E-state index contributed by atoms with van der Waals surface area (Å²) in [6, 6.07) is 9.61. The highest BCUT2D eigenvalue weighted by Gasteiger charge is 2.34. The van der Waals surface area contributed by atoms with Crippen LogP contribution in [0.25, 0.3) is 0 Å². The maximum absolute atomic E-state index is 13.2. The quantitative estimate of drug-likeness (QED) is 0.570. The van der Waals surface area contributed by atoms with Gasteiger partial charge in [0, 0.05) is 24.3 Å². The van der Waals surface area contributed by atoms with Crippen LogP contribution in [-0.4, -0.2) is 44.3 Å². The van der Waals surface area contributed by atoms with Crippen LogP contribution in [0.4, 0.5) is 5.69 Å². The molecule has 3 rings (SSSR count). The minimum Gasteiger partial charge on any atom is -0.354 e. The number of unbranched alkanes of at least 4 members (excludes halogenated alkanes) is 1. The molecule has 1 atom stereocenters. The Morgan fingerprint density at radius 2 is 1.79 bits per heavy atom. The second kappa shape index (κ2) is 10.4. The van der Waals surface area contributed by atoms with Crippen molar-refractivity contribution in [3.63, 3.8) is 0 Å². The first kappa shape index (κ1) is 24.8. The van der Waals surface area contributed by atoms with E-state index in [4.69, 9.17) is 0 Å². The summed E-state index contributed by atoms with van der Waals surface area (Å²) in [4.78, 5) is 27.6. The molecule has 8 heteroatoms. The van der Waals surface area contributed by atoms with Crippen molar-refractivity contribution in [2.24, 2.45) is 0 Å². The monoisotopic (exact) mass is 471 g/mol. The van der Waals surface area contributed by atoms with Gasteiger partial charge in [0.05, 0.1) is 4.90 Å². The molecule has 0 aliphatic carbocycles. The molecule has 33 heavy (non-hydrogen) atoms. The summed E-state index contributed by atoms with van der Waals surface area (Å²) in [6.07, 6.45) is 3.27. The lowest BCUT2D eigenvalue weighted by Crippen LogP contribution is -2.46. The minimum atomic E-state index is -3.83. The van der Waals surface area contributed by atoms with E-state index < -0.39 is 16.1 Å². The minimum absolute atomic E-state index is 0.128. The second-order valence-corrected chi connectivity index (χ2v) is 10.3. The SMILES string of the molecule is CCCCNC(=O)[C@@H]1CCCN1C(=O)c1cccc(NS(=O)(=O)c2c(C)cc(C)cc2C)c1. The van der Waals surface area contributed by atoms with E-state index >= 15 is 0 Å². The van der Waals surface area contributed by atoms with Crippen LogP contribution in [0.1, 0.15) is 59.7 Å². The van der Waals surface area contributed by atoms with E-state index in [0.717, 1.165) is 24.8 Å². The molecule has 1 aliphatic rings.